The molecule has 2 aliphatic carbocycles. The highest BCUT2D eigenvalue weighted by molar-refractivity contribution is 5.16. The first kappa shape index (κ1) is 8.36. The third-order valence-electron chi connectivity index (χ3n) is 5.16. The number of azo groups is 2. The van der Waals surface area contributed by atoms with Gasteiger partial charge in [-0.25, -0.2) is 0 Å². The van der Waals surface area contributed by atoms with Crippen molar-refractivity contribution in [2.75, 3.05) is 0 Å². The monoisotopic (exact) mass is 204 g/mol. The van der Waals surface area contributed by atoms with Crippen LogP contribution in [-0.2, 0) is 0 Å². The molecule has 0 spiro atoms. The van der Waals surface area contributed by atoms with Gasteiger partial charge in [-0.05, 0) is 25.7 Å². The van der Waals surface area contributed by atoms with Gasteiger partial charge in [-0.15, -0.1) is 0 Å². The molecule has 2 unspecified atom stereocenters. The summed E-state index contributed by atoms with van der Waals surface area (Å²) in [4.78, 5) is 0. The molecule has 2 saturated carbocycles. The van der Waals surface area contributed by atoms with E-state index in [0.717, 1.165) is 0 Å². The van der Waals surface area contributed by atoms with Crippen molar-refractivity contribution in [3.05, 3.63) is 0 Å². The van der Waals surface area contributed by atoms with E-state index in [2.05, 4.69) is 27.4 Å². The van der Waals surface area contributed by atoms with Crippen LogP contribution in [0.25, 0.3) is 0 Å². The first-order valence-corrected chi connectivity index (χ1v) is 6.10. The van der Waals surface area contributed by atoms with Gasteiger partial charge in [0.05, 0.1) is 24.2 Å². The number of rotatable bonds is 0. The first-order chi connectivity index (χ1) is 7.30. The van der Waals surface area contributed by atoms with Gasteiger partial charge in [-0.1, -0.05) is 6.92 Å². The lowest BCUT2D eigenvalue weighted by atomic mass is 9.54. The highest BCUT2D eigenvalue weighted by Crippen LogP contribution is 2.58. The Labute approximate surface area is 89.3 Å². The molecule has 4 heteroatoms. The fourth-order valence-corrected chi connectivity index (χ4v) is 4.35. The van der Waals surface area contributed by atoms with Gasteiger partial charge < -0.3 is 0 Å². The fourth-order valence-electron chi connectivity index (χ4n) is 4.35. The molecule has 0 aromatic heterocycles. The molecule has 0 amide bonds. The maximum Gasteiger partial charge on any atom is 0.0788 e. The summed E-state index contributed by atoms with van der Waals surface area (Å²) in [5, 5.41) is 18.0. The molecule has 2 fully saturated rings. The summed E-state index contributed by atoms with van der Waals surface area (Å²) in [6.45, 7) is 2.39. The van der Waals surface area contributed by atoms with Crippen LogP contribution in [0.3, 0.4) is 0 Å². The van der Waals surface area contributed by atoms with Crippen LogP contribution < -0.4 is 0 Å². The smallest absolute Gasteiger partial charge is 0.0788 e. The predicted octanol–water partition coefficient (Wildman–Crippen LogP) is 2.60. The van der Waals surface area contributed by atoms with Gasteiger partial charge >= 0.3 is 0 Å². The van der Waals surface area contributed by atoms with Gasteiger partial charge in [0.25, 0.3) is 0 Å². The molecule has 4 nitrogen and oxygen atoms in total. The maximum absolute atomic E-state index is 4.51. The van der Waals surface area contributed by atoms with E-state index in [1.807, 2.05) is 0 Å². The quantitative estimate of drug-likeness (QED) is 0.582. The molecule has 4 rings (SSSR count). The summed E-state index contributed by atoms with van der Waals surface area (Å²) in [6, 6.07) is 1.91. The highest BCUT2D eigenvalue weighted by Gasteiger charge is 2.62. The van der Waals surface area contributed by atoms with Gasteiger partial charge in [0.15, 0.2) is 0 Å². The van der Waals surface area contributed by atoms with Crippen molar-refractivity contribution in [1.29, 1.82) is 0 Å². The van der Waals surface area contributed by atoms with Crippen LogP contribution in [0.4, 0.5) is 0 Å². The van der Waals surface area contributed by atoms with Gasteiger partial charge in [0.1, 0.15) is 0 Å². The average Bonchev–Trinajstić information content (AvgIpc) is 2.75. The maximum atomic E-state index is 4.51. The van der Waals surface area contributed by atoms with Crippen molar-refractivity contribution in [3.63, 3.8) is 0 Å². The van der Waals surface area contributed by atoms with E-state index in [-0.39, 0.29) is 5.41 Å². The Kier molecular flexibility index (Phi) is 1.38. The lowest BCUT2D eigenvalue weighted by molar-refractivity contribution is 0.0343. The van der Waals surface area contributed by atoms with Gasteiger partial charge in [-0.3, -0.25) is 0 Å². The molecule has 0 N–H and O–H groups in total. The van der Waals surface area contributed by atoms with Crippen molar-refractivity contribution < 1.29 is 0 Å². The number of hydrogen-bond acceptors (Lipinski definition) is 4. The fraction of sp³-hybridized carbons (Fsp3) is 1.00. The van der Waals surface area contributed by atoms with Crippen LogP contribution in [0.5, 0.6) is 0 Å². The minimum absolute atomic E-state index is 0.287. The highest BCUT2D eigenvalue weighted by atomic mass is 15.3. The summed E-state index contributed by atoms with van der Waals surface area (Å²) < 4.78 is 0. The molecule has 2 aliphatic heterocycles. The van der Waals surface area contributed by atoms with Crippen molar-refractivity contribution in [1.82, 2.24) is 0 Å². The molecule has 0 bridgehead atoms. The number of hydrogen-bond donors (Lipinski definition) is 0. The van der Waals surface area contributed by atoms with Gasteiger partial charge in [-0.2, -0.15) is 20.5 Å². The molecular formula is C11H16N4. The second kappa shape index (κ2) is 2.47. The molecule has 0 aromatic carbocycles. The van der Waals surface area contributed by atoms with Crippen LogP contribution in [0, 0.1) is 11.3 Å². The third-order valence-corrected chi connectivity index (χ3v) is 5.16. The normalized spacial score (nSPS) is 59.7. The topological polar surface area (TPSA) is 49.4 Å². The molecule has 2 heterocycles. The Hall–Kier alpha value is -0.800. The Balaban J connectivity index is 1.84. The summed E-state index contributed by atoms with van der Waals surface area (Å²) >= 11 is 0. The van der Waals surface area contributed by atoms with Crippen LogP contribution in [-0.4, -0.2) is 24.2 Å². The summed E-state index contributed by atoms with van der Waals surface area (Å²) in [7, 11) is 0. The molecule has 0 saturated heterocycles. The van der Waals surface area contributed by atoms with Crippen LogP contribution in [0.2, 0.25) is 0 Å². The number of nitrogens with zero attached hydrogens (tertiary/aromatic N) is 4. The summed E-state index contributed by atoms with van der Waals surface area (Å²) in [5.41, 5.74) is 0.287. The van der Waals surface area contributed by atoms with Crippen molar-refractivity contribution in [2.45, 2.75) is 56.8 Å². The largest absolute Gasteiger partial charge is 0.190 e. The average molecular weight is 204 g/mol. The minimum Gasteiger partial charge on any atom is -0.190 e. The Bertz CT molecular complexity index is 334. The molecule has 6 atom stereocenters. The standard InChI is InChI=1S/C11H16N4/c1-11-8-4-2-6-10(11)7(13-12-6)3-5-9(11)15-14-8/h6-10H,2-5H2,1H3/t6-,7+,8+,9-,10?,11?. The van der Waals surface area contributed by atoms with E-state index in [0.29, 0.717) is 30.1 Å². The lowest BCUT2D eigenvalue weighted by Crippen LogP contribution is -2.56. The third kappa shape index (κ3) is 0.810. The summed E-state index contributed by atoms with van der Waals surface area (Å²) in [6.07, 6.45) is 4.69. The second-order valence-corrected chi connectivity index (χ2v) is 5.67. The predicted molar refractivity (Wildman–Crippen MR) is 54.9 cm³/mol. The van der Waals surface area contributed by atoms with E-state index < -0.39 is 0 Å². The zero-order chi connectivity index (χ0) is 10.0. The molecular weight excluding hydrogens is 188 g/mol. The van der Waals surface area contributed by atoms with Crippen LogP contribution in [0.15, 0.2) is 20.5 Å². The van der Waals surface area contributed by atoms with E-state index in [9.17, 15) is 0 Å². The zero-order valence-electron chi connectivity index (χ0n) is 9.00. The first-order valence-electron chi connectivity index (χ1n) is 6.10. The van der Waals surface area contributed by atoms with E-state index in [4.69, 9.17) is 0 Å². The van der Waals surface area contributed by atoms with Crippen molar-refractivity contribution in [2.24, 2.45) is 31.8 Å². The van der Waals surface area contributed by atoms with Gasteiger partial charge in [0.2, 0.25) is 0 Å². The van der Waals surface area contributed by atoms with E-state index in [1.54, 1.807) is 0 Å². The van der Waals surface area contributed by atoms with Crippen molar-refractivity contribution in [3.8, 4) is 0 Å². The van der Waals surface area contributed by atoms with Gasteiger partial charge in [0, 0.05) is 11.3 Å². The SMILES string of the molecule is CC12C3[C@@H]4CC[C@H]1N=N[C@H]2CC[C@H]3N=N4. The lowest BCUT2D eigenvalue weighted by Gasteiger charge is -2.49. The Morgan fingerprint density at radius 2 is 1.33 bits per heavy atom. The van der Waals surface area contributed by atoms with E-state index in [1.165, 1.54) is 25.7 Å². The Morgan fingerprint density at radius 3 is 1.87 bits per heavy atom. The van der Waals surface area contributed by atoms with Crippen LogP contribution in [0.1, 0.15) is 32.6 Å². The van der Waals surface area contributed by atoms with E-state index >= 15 is 0 Å². The molecule has 0 aromatic rings. The molecule has 15 heavy (non-hydrogen) atoms. The summed E-state index contributed by atoms with van der Waals surface area (Å²) in [5.74, 6) is 0.644. The van der Waals surface area contributed by atoms with Crippen LogP contribution >= 0.6 is 0 Å². The Morgan fingerprint density at radius 1 is 0.800 bits per heavy atom. The molecule has 4 aliphatic rings. The minimum atomic E-state index is 0.287. The second-order valence-electron chi connectivity index (χ2n) is 5.67. The zero-order valence-corrected chi connectivity index (χ0v) is 9.00. The molecule has 80 valence electrons. The van der Waals surface area contributed by atoms with Crippen molar-refractivity contribution >= 4 is 0 Å². The molecule has 0 radical (unpaired) electrons.